The van der Waals surface area contributed by atoms with Crippen LogP contribution in [0.2, 0.25) is 0 Å². The summed E-state index contributed by atoms with van der Waals surface area (Å²) < 4.78 is 11.0. The van der Waals surface area contributed by atoms with Crippen molar-refractivity contribution >= 4 is 11.8 Å². The van der Waals surface area contributed by atoms with Crippen molar-refractivity contribution in [3.63, 3.8) is 0 Å². The van der Waals surface area contributed by atoms with E-state index in [9.17, 15) is 14.9 Å². The van der Waals surface area contributed by atoms with Crippen LogP contribution in [-0.2, 0) is 9.59 Å². The van der Waals surface area contributed by atoms with Crippen LogP contribution in [0.3, 0.4) is 0 Å². The number of fused-ring (bicyclic) bond motifs is 1. The number of carbonyl (C=O) groups excluding carboxylic acids is 2. The van der Waals surface area contributed by atoms with Crippen molar-refractivity contribution in [2.45, 2.75) is 39.0 Å². The summed E-state index contributed by atoms with van der Waals surface area (Å²) in [6.45, 7) is 5.41. The number of benzene rings is 2. The molecule has 1 aliphatic carbocycles. The fraction of sp³-hybridized carbons (Fsp3) is 0.296. The molecule has 2 aromatic carbocycles. The smallest absolute Gasteiger partial charge is 0.308 e. The third-order valence-electron chi connectivity index (χ3n) is 6.09. The van der Waals surface area contributed by atoms with Gasteiger partial charge in [0, 0.05) is 36.6 Å². The summed E-state index contributed by atoms with van der Waals surface area (Å²) in [5, 5.41) is 13.3. The van der Waals surface area contributed by atoms with Gasteiger partial charge in [-0.15, -0.1) is 0 Å². The second-order valence-corrected chi connectivity index (χ2v) is 8.27. The predicted octanol–water partition coefficient (Wildman–Crippen LogP) is 4.75. The Kier molecular flexibility index (Phi) is 6.32. The average Bonchev–Trinajstić information content (AvgIpc) is 2.79. The maximum absolute atomic E-state index is 13.5. The number of esters is 1. The van der Waals surface area contributed by atoms with Crippen LogP contribution < -0.4 is 14.8 Å². The first-order valence-electron chi connectivity index (χ1n) is 11.0. The zero-order valence-corrected chi connectivity index (χ0v) is 18.9. The van der Waals surface area contributed by atoms with Crippen molar-refractivity contribution in [2.24, 2.45) is 5.92 Å². The third kappa shape index (κ3) is 4.40. The van der Waals surface area contributed by atoms with Gasteiger partial charge in [0.2, 0.25) is 0 Å². The lowest BCUT2D eigenvalue weighted by Crippen LogP contribution is -2.39. The summed E-state index contributed by atoms with van der Waals surface area (Å²) in [5.74, 6) is -0.583. The number of hydrogen-bond acceptors (Lipinski definition) is 6. The molecule has 6 nitrogen and oxygen atoms in total. The predicted molar refractivity (Wildman–Crippen MR) is 123 cm³/mol. The Hall–Kier alpha value is -3.85. The van der Waals surface area contributed by atoms with Gasteiger partial charge in [0.1, 0.15) is 5.78 Å². The molecule has 0 saturated heterocycles. The molecule has 3 unspecified atom stereocenters. The van der Waals surface area contributed by atoms with E-state index < -0.39 is 17.8 Å². The Morgan fingerprint density at radius 3 is 2.55 bits per heavy atom. The minimum Gasteiger partial charge on any atom is -0.490 e. The van der Waals surface area contributed by atoms with E-state index in [1.54, 1.807) is 18.2 Å². The summed E-state index contributed by atoms with van der Waals surface area (Å²) in [6.07, 6.45) is 2.49. The molecular weight excluding hydrogens is 416 g/mol. The molecule has 0 bridgehead atoms. The van der Waals surface area contributed by atoms with Crippen LogP contribution in [-0.4, -0.2) is 18.4 Å². The number of allylic oxidation sites excluding steroid dienone is 4. The first-order valence-corrected chi connectivity index (χ1v) is 11.0. The zero-order chi connectivity index (χ0) is 23.5. The van der Waals surface area contributed by atoms with E-state index in [1.807, 2.05) is 44.2 Å². The molecule has 33 heavy (non-hydrogen) atoms. The Morgan fingerprint density at radius 2 is 1.88 bits per heavy atom. The second kappa shape index (κ2) is 9.33. The fourth-order valence-electron chi connectivity index (χ4n) is 4.72. The molecule has 3 atom stereocenters. The third-order valence-corrected chi connectivity index (χ3v) is 6.09. The first kappa shape index (κ1) is 22.3. The molecule has 0 saturated carbocycles. The molecule has 1 N–H and O–H groups in total. The van der Waals surface area contributed by atoms with Gasteiger partial charge in [-0.1, -0.05) is 42.5 Å². The lowest BCUT2D eigenvalue weighted by Gasteiger charge is -2.38. The maximum Gasteiger partial charge on any atom is 0.308 e. The van der Waals surface area contributed by atoms with Crippen molar-refractivity contribution in [2.75, 3.05) is 6.61 Å². The second-order valence-electron chi connectivity index (χ2n) is 8.27. The van der Waals surface area contributed by atoms with E-state index in [0.717, 1.165) is 22.5 Å². The van der Waals surface area contributed by atoms with Crippen LogP contribution in [0.15, 0.2) is 71.6 Å². The Bertz CT molecular complexity index is 1190. The van der Waals surface area contributed by atoms with Crippen LogP contribution in [0.5, 0.6) is 11.5 Å². The van der Waals surface area contributed by atoms with Crippen LogP contribution in [0.25, 0.3) is 0 Å². The minimum atomic E-state index is -0.489. The number of Topliss-reactive ketones (excluding diaryl/α,β-unsaturated/α-hetero) is 1. The molecule has 1 heterocycles. The van der Waals surface area contributed by atoms with E-state index in [2.05, 4.69) is 17.5 Å². The minimum absolute atomic E-state index is 0.0140. The van der Waals surface area contributed by atoms with Crippen molar-refractivity contribution < 1.29 is 19.1 Å². The number of nitrogens with one attached hydrogen (secondary N) is 1. The Balaban J connectivity index is 1.80. The van der Waals surface area contributed by atoms with Crippen LogP contribution in [0.4, 0.5) is 0 Å². The summed E-state index contributed by atoms with van der Waals surface area (Å²) in [5.41, 5.74) is 3.94. The van der Waals surface area contributed by atoms with E-state index in [1.165, 1.54) is 6.92 Å². The molecule has 2 aliphatic rings. The van der Waals surface area contributed by atoms with Gasteiger partial charge in [0.05, 0.1) is 24.2 Å². The van der Waals surface area contributed by atoms with Crippen molar-refractivity contribution in [1.29, 1.82) is 5.26 Å². The van der Waals surface area contributed by atoms with Crippen LogP contribution >= 0.6 is 0 Å². The molecule has 0 amide bonds. The number of ketones is 1. The highest BCUT2D eigenvalue weighted by atomic mass is 16.6. The van der Waals surface area contributed by atoms with E-state index in [-0.39, 0.29) is 11.7 Å². The quantitative estimate of drug-likeness (QED) is 0.531. The van der Waals surface area contributed by atoms with Gasteiger partial charge in [0.25, 0.3) is 0 Å². The molecule has 2 aromatic rings. The number of rotatable bonds is 5. The lowest BCUT2D eigenvalue weighted by atomic mass is 9.69. The summed E-state index contributed by atoms with van der Waals surface area (Å²) >= 11 is 0. The van der Waals surface area contributed by atoms with Crippen molar-refractivity contribution in [1.82, 2.24) is 5.32 Å². The summed E-state index contributed by atoms with van der Waals surface area (Å²) in [4.78, 5) is 25.0. The molecule has 4 rings (SSSR count). The van der Waals surface area contributed by atoms with E-state index in [4.69, 9.17) is 9.47 Å². The molecule has 0 fully saturated rings. The highest BCUT2D eigenvalue weighted by Gasteiger charge is 2.43. The lowest BCUT2D eigenvalue weighted by molar-refractivity contribution is -0.132. The van der Waals surface area contributed by atoms with Gasteiger partial charge in [-0.25, -0.2) is 0 Å². The molecule has 0 radical (unpaired) electrons. The molecule has 168 valence electrons. The normalized spacial score (nSPS) is 21.9. The number of ether oxygens (including phenoxy) is 2. The van der Waals surface area contributed by atoms with Gasteiger partial charge in [0.15, 0.2) is 11.5 Å². The Labute approximate surface area is 193 Å². The zero-order valence-electron chi connectivity index (χ0n) is 18.9. The highest BCUT2D eigenvalue weighted by Crippen LogP contribution is 2.47. The number of hydrogen-bond donors (Lipinski definition) is 1. The maximum atomic E-state index is 13.5. The van der Waals surface area contributed by atoms with Gasteiger partial charge >= 0.3 is 5.97 Å². The fourth-order valence-corrected chi connectivity index (χ4v) is 4.72. The van der Waals surface area contributed by atoms with Gasteiger partial charge in [-0.05, 0) is 37.1 Å². The molecule has 6 heteroatoms. The summed E-state index contributed by atoms with van der Waals surface area (Å²) in [6, 6.07) is 17.5. The van der Waals surface area contributed by atoms with Crippen LogP contribution in [0, 0.1) is 17.2 Å². The van der Waals surface area contributed by atoms with Crippen LogP contribution in [0.1, 0.15) is 50.2 Å². The number of carbonyl (C=O) groups is 2. The average molecular weight is 443 g/mol. The number of nitriles is 1. The standard InChI is InChI=1S/C27H26N2O4/c1-4-32-25-14-19(10-11-24(25)33-17(3)30)26-21(15-28)16(2)29-22-12-20(13-23(31)27(22)26)18-8-6-5-7-9-18/h5-12,14,20,26-27,29H,4,13H2,1-3H3. The first-order chi connectivity index (χ1) is 15.9. The van der Waals surface area contributed by atoms with E-state index in [0.29, 0.717) is 30.1 Å². The largest absolute Gasteiger partial charge is 0.490 e. The monoisotopic (exact) mass is 442 g/mol. The van der Waals surface area contributed by atoms with Gasteiger partial charge < -0.3 is 14.8 Å². The van der Waals surface area contributed by atoms with Crippen molar-refractivity contribution in [3.8, 4) is 17.6 Å². The highest BCUT2D eigenvalue weighted by molar-refractivity contribution is 5.88. The van der Waals surface area contributed by atoms with E-state index >= 15 is 0 Å². The SMILES string of the molecule is CCOc1cc(C2C(C#N)=C(C)NC3=CC(c4ccccc4)CC(=O)C32)ccc1OC(C)=O. The van der Waals surface area contributed by atoms with Crippen molar-refractivity contribution in [3.05, 3.63) is 82.7 Å². The molecular formula is C27H26N2O4. The molecule has 0 aromatic heterocycles. The topological polar surface area (TPSA) is 88.4 Å². The Morgan fingerprint density at radius 1 is 1.12 bits per heavy atom. The van der Waals surface area contributed by atoms with Gasteiger partial charge in [-0.2, -0.15) is 5.26 Å². The molecule has 0 spiro atoms. The van der Waals surface area contributed by atoms with Gasteiger partial charge in [-0.3, -0.25) is 9.59 Å². The molecule has 1 aliphatic heterocycles. The number of nitrogens with zero attached hydrogens (tertiary/aromatic N) is 1. The summed E-state index contributed by atoms with van der Waals surface area (Å²) in [7, 11) is 0.